The summed E-state index contributed by atoms with van der Waals surface area (Å²) in [5, 5.41) is 0. The highest BCUT2D eigenvalue weighted by atomic mass is 15.2. The summed E-state index contributed by atoms with van der Waals surface area (Å²) >= 11 is 0. The van der Waals surface area contributed by atoms with Crippen molar-refractivity contribution in [1.29, 1.82) is 0 Å². The molecule has 0 saturated carbocycles. The fraction of sp³-hybridized carbons (Fsp3) is 0.647. The molecule has 0 amide bonds. The van der Waals surface area contributed by atoms with Gasteiger partial charge in [-0.15, -0.1) is 0 Å². The van der Waals surface area contributed by atoms with Crippen molar-refractivity contribution in [3.8, 4) is 0 Å². The Hall–Kier alpha value is -0.860. The van der Waals surface area contributed by atoms with Gasteiger partial charge in [-0.25, -0.2) is 0 Å². The summed E-state index contributed by atoms with van der Waals surface area (Å²) in [4.78, 5) is 5.00. The van der Waals surface area contributed by atoms with Gasteiger partial charge in [-0.3, -0.25) is 4.90 Å². The molecule has 106 valence electrons. The third-order valence-electron chi connectivity index (χ3n) is 4.43. The van der Waals surface area contributed by atoms with Gasteiger partial charge in [0.2, 0.25) is 0 Å². The zero-order valence-corrected chi connectivity index (χ0v) is 13.2. The number of likely N-dealkylation sites (tertiary alicyclic amines) is 1. The van der Waals surface area contributed by atoms with Gasteiger partial charge in [-0.2, -0.15) is 0 Å². The molecule has 1 heterocycles. The van der Waals surface area contributed by atoms with Crippen molar-refractivity contribution in [3.05, 3.63) is 34.4 Å². The highest BCUT2D eigenvalue weighted by molar-refractivity contribution is 5.37. The van der Waals surface area contributed by atoms with Crippen molar-refractivity contribution in [2.24, 2.45) is 0 Å². The highest BCUT2D eigenvalue weighted by Gasteiger charge is 2.22. The van der Waals surface area contributed by atoms with E-state index in [4.69, 9.17) is 0 Å². The lowest BCUT2D eigenvalue weighted by molar-refractivity contribution is 0.127. The van der Waals surface area contributed by atoms with E-state index in [2.05, 4.69) is 56.8 Å². The lowest BCUT2D eigenvalue weighted by atomic mass is 9.97. The molecule has 1 aliphatic rings. The normalized spacial score (nSPS) is 21.1. The first-order chi connectivity index (χ1) is 8.97. The molecule has 1 aromatic carbocycles. The number of piperidine rings is 1. The van der Waals surface area contributed by atoms with Gasteiger partial charge in [0.25, 0.3) is 0 Å². The fourth-order valence-electron chi connectivity index (χ4n) is 3.28. The first kappa shape index (κ1) is 14.5. The summed E-state index contributed by atoms with van der Waals surface area (Å²) in [7, 11) is 4.41. The molecule has 19 heavy (non-hydrogen) atoms. The fourth-order valence-corrected chi connectivity index (χ4v) is 3.28. The van der Waals surface area contributed by atoms with Gasteiger partial charge >= 0.3 is 0 Å². The summed E-state index contributed by atoms with van der Waals surface area (Å²) in [5.41, 5.74) is 5.81. The minimum atomic E-state index is 0.722. The molecular formula is C17H28N2. The van der Waals surface area contributed by atoms with Gasteiger partial charge in [-0.05, 0) is 70.9 Å². The van der Waals surface area contributed by atoms with Crippen LogP contribution in [-0.4, -0.2) is 43.0 Å². The molecule has 1 saturated heterocycles. The van der Waals surface area contributed by atoms with Gasteiger partial charge in [-0.1, -0.05) is 17.7 Å². The maximum atomic E-state index is 2.62. The first-order valence-corrected chi connectivity index (χ1v) is 7.43. The first-order valence-electron chi connectivity index (χ1n) is 7.43. The van der Waals surface area contributed by atoms with Crippen molar-refractivity contribution in [1.82, 2.24) is 9.80 Å². The molecule has 0 radical (unpaired) electrons. The predicted molar refractivity (Wildman–Crippen MR) is 82.6 cm³/mol. The molecule has 1 aliphatic heterocycles. The Kier molecular flexibility index (Phi) is 4.64. The quantitative estimate of drug-likeness (QED) is 0.824. The van der Waals surface area contributed by atoms with E-state index in [9.17, 15) is 0 Å². The summed E-state index contributed by atoms with van der Waals surface area (Å²) < 4.78 is 0. The maximum absolute atomic E-state index is 2.62. The minimum absolute atomic E-state index is 0.722. The molecular weight excluding hydrogens is 232 g/mol. The molecule has 0 aromatic heterocycles. The van der Waals surface area contributed by atoms with Crippen LogP contribution in [0, 0.1) is 20.8 Å². The average Bonchev–Trinajstić information content (AvgIpc) is 2.34. The monoisotopic (exact) mass is 260 g/mol. The van der Waals surface area contributed by atoms with Crippen LogP contribution in [0.25, 0.3) is 0 Å². The van der Waals surface area contributed by atoms with E-state index in [1.54, 1.807) is 0 Å². The van der Waals surface area contributed by atoms with Gasteiger partial charge < -0.3 is 4.90 Å². The molecule has 0 spiro atoms. The zero-order chi connectivity index (χ0) is 14.0. The predicted octanol–water partition coefficient (Wildman–Crippen LogP) is 3.14. The molecule has 1 fully saturated rings. The summed E-state index contributed by atoms with van der Waals surface area (Å²) in [6, 6.07) is 5.35. The average molecular weight is 260 g/mol. The topological polar surface area (TPSA) is 6.48 Å². The standard InChI is InChI=1S/C17H28N2/c1-13-9-14(2)17(15(3)10-13)12-19-8-6-7-16(11-19)18(4)5/h9-10,16H,6-8,11-12H2,1-5H3. The van der Waals surface area contributed by atoms with Crippen LogP contribution in [0.1, 0.15) is 35.1 Å². The minimum Gasteiger partial charge on any atom is -0.305 e. The number of aryl methyl sites for hydroxylation is 3. The van der Waals surface area contributed by atoms with E-state index in [-0.39, 0.29) is 0 Å². The third kappa shape index (κ3) is 3.58. The Labute approximate surface area is 118 Å². The maximum Gasteiger partial charge on any atom is 0.0239 e. The van der Waals surface area contributed by atoms with Crippen LogP contribution in [0.15, 0.2) is 12.1 Å². The van der Waals surface area contributed by atoms with Crippen LogP contribution in [-0.2, 0) is 6.54 Å². The van der Waals surface area contributed by atoms with Crippen molar-refractivity contribution in [2.45, 2.75) is 46.2 Å². The van der Waals surface area contributed by atoms with E-state index >= 15 is 0 Å². The van der Waals surface area contributed by atoms with E-state index in [1.807, 2.05) is 0 Å². The Bertz CT molecular complexity index is 414. The van der Waals surface area contributed by atoms with Crippen LogP contribution in [0.3, 0.4) is 0 Å². The molecule has 0 aliphatic carbocycles. The van der Waals surface area contributed by atoms with Crippen LogP contribution >= 0.6 is 0 Å². The molecule has 2 rings (SSSR count). The van der Waals surface area contributed by atoms with Gasteiger partial charge in [0.15, 0.2) is 0 Å². The number of benzene rings is 1. The summed E-state index contributed by atoms with van der Waals surface area (Å²) in [6.07, 6.45) is 2.67. The highest BCUT2D eigenvalue weighted by Crippen LogP contribution is 2.21. The Morgan fingerprint density at radius 3 is 2.37 bits per heavy atom. The molecule has 1 aromatic rings. The van der Waals surface area contributed by atoms with Crippen molar-refractivity contribution < 1.29 is 0 Å². The van der Waals surface area contributed by atoms with E-state index < -0.39 is 0 Å². The van der Waals surface area contributed by atoms with E-state index in [0.29, 0.717) is 0 Å². The second kappa shape index (κ2) is 6.06. The number of nitrogens with zero attached hydrogens (tertiary/aromatic N) is 2. The number of rotatable bonds is 3. The second-order valence-electron chi connectivity index (χ2n) is 6.37. The summed E-state index contributed by atoms with van der Waals surface area (Å²) in [5.74, 6) is 0. The molecule has 0 bridgehead atoms. The van der Waals surface area contributed by atoms with Gasteiger partial charge in [0, 0.05) is 19.1 Å². The number of hydrogen-bond acceptors (Lipinski definition) is 2. The molecule has 2 nitrogen and oxygen atoms in total. The van der Waals surface area contributed by atoms with E-state index in [0.717, 1.165) is 12.6 Å². The van der Waals surface area contributed by atoms with Crippen molar-refractivity contribution >= 4 is 0 Å². The van der Waals surface area contributed by atoms with Crippen molar-refractivity contribution in [2.75, 3.05) is 27.2 Å². The molecule has 1 atom stereocenters. The van der Waals surface area contributed by atoms with Crippen LogP contribution in [0.5, 0.6) is 0 Å². The van der Waals surface area contributed by atoms with Gasteiger partial charge in [0.1, 0.15) is 0 Å². The zero-order valence-electron chi connectivity index (χ0n) is 13.2. The second-order valence-corrected chi connectivity index (χ2v) is 6.37. The Morgan fingerprint density at radius 2 is 1.79 bits per heavy atom. The molecule has 0 N–H and O–H groups in total. The molecule has 1 unspecified atom stereocenters. The van der Waals surface area contributed by atoms with Crippen LogP contribution in [0.4, 0.5) is 0 Å². The molecule has 2 heteroatoms. The third-order valence-corrected chi connectivity index (χ3v) is 4.43. The number of likely N-dealkylation sites (N-methyl/N-ethyl adjacent to an activating group) is 1. The SMILES string of the molecule is Cc1cc(C)c(CN2CCCC(N(C)C)C2)c(C)c1. The smallest absolute Gasteiger partial charge is 0.0239 e. The largest absolute Gasteiger partial charge is 0.305 e. The Morgan fingerprint density at radius 1 is 1.16 bits per heavy atom. The number of hydrogen-bond donors (Lipinski definition) is 0. The summed E-state index contributed by atoms with van der Waals surface area (Å²) in [6.45, 7) is 10.3. The van der Waals surface area contributed by atoms with Crippen LogP contribution in [0.2, 0.25) is 0 Å². The lowest BCUT2D eigenvalue weighted by Gasteiger charge is -2.36. The lowest BCUT2D eigenvalue weighted by Crippen LogP contribution is -2.44. The van der Waals surface area contributed by atoms with Crippen LogP contribution < -0.4 is 0 Å². The van der Waals surface area contributed by atoms with Crippen molar-refractivity contribution in [3.63, 3.8) is 0 Å². The Balaban J connectivity index is 2.09. The van der Waals surface area contributed by atoms with Gasteiger partial charge in [0.05, 0.1) is 0 Å². The van der Waals surface area contributed by atoms with E-state index in [1.165, 1.54) is 48.2 Å².